The molecule has 2 aromatic rings. The van der Waals surface area contributed by atoms with Crippen LogP contribution in [-0.2, 0) is 6.18 Å². The average Bonchev–Trinajstić information content (AvgIpc) is 2.90. The van der Waals surface area contributed by atoms with Crippen molar-refractivity contribution in [3.63, 3.8) is 0 Å². The molecular formula is C14H14F4N2O. The van der Waals surface area contributed by atoms with Crippen LogP contribution in [-0.4, -0.2) is 16.4 Å². The lowest BCUT2D eigenvalue weighted by molar-refractivity contribution is -0.141. The second-order valence-electron chi connectivity index (χ2n) is 4.46. The Hall–Kier alpha value is -2.05. The molecule has 0 aliphatic heterocycles. The van der Waals surface area contributed by atoms with Crippen LogP contribution in [0.25, 0.3) is 5.69 Å². The summed E-state index contributed by atoms with van der Waals surface area (Å²) in [5, 5.41) is 3.43. The smallest absolute Gasteiger partial charge is 0.435 e. The number of benzene rings is 1. The van der Waals surface area contributed by atoms with Gasteiger partial charge >= 0.3 is 6.18 Å². The molecule has 1 aromatic heterocycles. The summed E-state index contributed by atoms with van der Waals surface area (Å²) in [5.74, 6) is -0.279. The largest absolute Gasteiger partial charge is 0.491 e. The zero-order chi connectivity index (χ0) is 15.5. The van der Waals surface area contributed by atoms with E-state index in [1.807, 2.05) is 6.92 Å². The fraction of sp³-hybridized carbons (Fsp3) is 0.357. The van der Waals surface area contributed by atoms with Gasteiger partial charge in [-0.1, -0.05) is 13.3 Å². The minimum absolute atomic E-state index is 0.140. The van der Waals surface area contributed by atoms with Crippen LogP contribution in [0.3, 0.4) is 0 Å². The van der Waals surface area contributed by atoms with Crippen LogP contribution in [0.1, 0.15) is 25.5 Å². The Morgan fingerprint density at radius 2 is 2.00 bits per heavy atom. The molecule has 114 valence electrons. The molecule has 0 amide bonds. The van der Waals surface area contributed by atoms with E-state index in [4.69, 9.17) is 4.74 Å². The molecule has 1 heterocycles. The Balaban J connectivity index is 2.33. The molecule has 0 aliphatic carbocycles. The number of rotatable bonds is 5. The van der Waals surface area contributed by atoms with Crippen molar-refractivity contribution in [1.29, 1.82) is 0 Å². The van der Waals surface area contributed by atoms with Crippen LogP contribution in [0.5, 0.6) is 5.75 Å². The SMILES string of the molecule is CCCCOc1ccc(F)cc1-n1ccc(C(F)(F)F)n1. The minimum atomic E-state index is -4.54. The molecule has 0 bridgehead atoms. The van der Waals surface area contributed by atoms with Gasteiger partial charge in [-0.25, -0.2) is 9.07 Å². The maximum absolute atomic E-state index is 13.3. The van der Waals surface area contributed by atoms with E-state index in [-0.39, 0.29) is 5.69 Å². The van der Waals surface area contributed by atoms with Crippen molar-refractivity contribution in [1.82, 2.24) is 9.78 Å². The van der Waals surface area contributed by atoms with Crippen molar-refractivity contribution >= 4 is 0 Å². The molecule has 0 saturated carbocycles. The molecule has 0 saturated heterocycles. The van der Waals surface area contributed by atoms with E-state index in [1.54, 1.807) is 0 Å². The molecule has 0 unspecified atom stereocenters. The third-order valence-corrected chi connectivity index (χ3v) is 2.80. The van der Waals surface area contributed by atoms with Crippen molar-refractivity contribution in [2.75, 3.05) is 6.61 Å². The topological polar surface area (TPSA) is 27.1 Å². The van der Waals surface area contributed by atoms with Gasteiger partial charge in [0.2, 0.25) is 0 Å². The van der Waals surface area contributed by atoms with Crippen LogP contribution < -0.4 is 4.74 Å². The summed E-state index contributed by atoms with van der Waals surface area (Å²) in [4.78, 5) is 0. The van der Waals surface area contributed by atoms with Crippen molar-refractivity contribution in [3.05, 3.63) is 42.0 Å². The number of hydrogen-bond donors (Lipinski definition) is 0. The first kappa shape index (κ1) is 15.3. The van der Waals surface area contributed by atoms with Gasteiger partial charge in [0.1, 0.15) is 17.3 Å². The summed E-state index contributed by atoms with van der Waals surface area (Å²) < 4.78 is 57.5. The summed E-state index contributed by atoms with van der Waals surface area (Å²) in [7, 11) is 0. The van der Waals surface area contributed by atoms with Crippen LogP contribution in [0.15, 0.2) is 30.5 Å². The third-order valence-electron chi connectivity index (χ3n) is 2.80. The Labute approximate surface area is 119 Å². The van der Waals surface area contributed by atoms with Gasteiger partial charge in [-0.2, -0.15) is 18.3 Å². The van der Waals surface area contributed by atoms with E-state index >= 15 is 0 Å². The van der Waals surface area contributed by atoms with E-state index in [0.717, 1.165) is 35.9 Å². The third kappa shape index (κ3) is 3.74. The standard InChI is InChI=1S/C14H14F4N2O/c1-2-3-8-21-12-5-4-10(15)9-11(12)20-7-6-13(19-20)14(16,17)18/h4-7,9H,2-3,8H2,1H3. The fourth-order valence-corrected chi connectivity index (χ4v) is 1.73. The summed E-state index contributed by atoms with van der Waals surface area (Å²) in [6.07, 6.45) is -1.70. The fourth-order valence-electron chi connectivity index (χ4n) is 1.73. The zero-order valence-corrected chi connectivity index (χ0v) is 11.3. The van der Waals surface area contributed by atoms with Gasteiger partial charge in [0.25, 0.3) is 0 Å². The van der Waals surface area contributed by atoms with Crippen LogP contribution in [0.2, 0.25) is 0 Å². The van der Waals surface area contributed by atoms with E-state index in [2.05, 4.69) is 5.10 Å². The van der Waals surface area contributed by atoms with Crippen molar-refractivity contribution in [2.24, 2.45) is 0 Å². The summed E-state index contributed by atoms with van der Waals surface area (Å²) in [6, 6.07) is 4.50. The van der Waals surface area contributed by atoms with Crippen LogP contribution in [0, 0.1) is 5.82 Å². The van der Waals surface area contributed by atoms with E-state index in [1.165, 1.54) is 12.1 Å². The number of unbranched alkanes of at least 4 members (excludes halogenated alkanes) is 1. The molecule has 2 rings (SSSR count). The first-order chi connectivity index (χ1) is 9.91. The van der Waals surface area contributed by atoms with Crippen molar-refractivity contribution in [2.45, 2.75) is 25.9 Å². The van der Waals surface area contributed by atoms with Crippen molar-refractivity contribution in [3.8, 4) is 11.4 Å². The van der Waals surface area contributed by atoms with Gasteiger partial charge in [-0.15, -0.1) is 0 Å². The predicted octanol–water partition coefficient (Wildman–Crippen LogP) is 4.21. The lowest BCUT2D eigenvalue weighted by Crippen LogP contribution is -2.08. The maximum Gasteiger partial charge on any atom is 0.435 e. The molecule has 0 radical (unpaired) electrons. The highest BCUT2D eigenvalue weighted by Crippen LogP contribution is 2.30. The Morgan fingerprint density at radius 3 is 2.62 bits per heavy atom. The number of alkyl halides is 3. The quantitative estimate of drug-likeness (QED) is 0.611. The first-order valence-electron chi connectivity index (χ1n) is 6.47. The van der Waals surface area contributed by atoms with Gasteiger partial charge in [0.15, 0.2) is 5.69 Å². The highest BCUT2D eigenvalue weighted by molar-refractivity contribution is 5.46. The van der Waals surface area contributed by atoms with E-state index in [0.29, 0.717) is 12.4 Å². The molecule has 1 aromatic carbocycles. The monoisotopic (exact) mass is 302 g/mol. The molecule has 7 heteroatoms. The summed E-state index contributed by atoms with van der Waals surface area (Å²) in [6.45, 7) is 2.39. The predicted molar refractivity (Wildman–Crippen MR) is 68.9 cm³/mol. The molecule has 0 aliphatic rings. The molecule has 3 nitrogen and oxygen atoms in total. The number of aromatic nitrogens is 2. The Kier molecular flexibility index (Phi) is 4.50. The minimum Gasteiger partial charge on any atom is -0.491 e. The van der Waals surface area contributed by atoms with Gasteiger partial charge in [0.05, 0.1) is 6.61 Å². The maximum atomic E-state index is 13.3. The highest BCUT2D eigenvalue weighted by atomic mass is 19.4. The molecule has 0 atom stereocenters. The number of nitrogens with zero attached hydrogens (tertiary/aromatic N) is 2. The number of ether oxygens (including phenoxy) is 1. The first-order valence-corrected chi connectivity index (χ1v) is 6.47. The van der Waals surface area contributed by atoms with Gasteiger partial charge in [-0.3, -0.25) is 0 Å². The molecule has 21 heavy (non-hydrogen) atoms. The molecule has 0 fully saturated rings. The summed E-state index contributed by atoms with van der Waals surface area (Å²) in [5.41, 5.74) is -0.895. The van der Waals surface area contributed by atoms with Gasteiger partial charge < -0.3 is 4.74 Å². The lowest BCUT2D eigenvalue weighted by Gasteiger charge is -2.11. The molecule has 0 N–H and O–H groups in total. The summed E-state index contributed by atoms with van der Waals surface area (Å²) >= 11 is 0. The Morgan fingerprint density at radius 1 is 1.24 bits per heavy atom. The van der Waals surface area contributed by atoms with Gasteiger partial charge in [-0.05, 0) is 24.6 Å². The van der Waals surface area contributed by atoms with Gasteiger partial charge in [0, 0.05) is 12.3 Å². The number of hydrogen-bond acceptors (Lipinski definition) is 2. The zero-order valence-electron chi connectivity index (χ0n) is 11.3. The van der Waals surface area contributed by atoms with Crippen molar-refractivity contribution < 1.29 is 22.3 Å². The van der Waals surface area contributed by atoms with E-state index < -0.39 is 17.7 Å². The molecular weight excluding hydrogens is 288 g/mol. The van der Waals surface area contributed by atoms with Crippen LogP contribution in [0.4, 0.5) is 17.6 Å². The molecule has 0 spiro atoms. The average molecular weight is 302 g/mol. The lowest BCUT2D eigenvalue weighted by atomic mass is 10.3. The number of halogens is 4. The van der Waals surface area contributed by atoms with E-state index in [9.17, 15) is 17.6 Å². The highest BCUT2D eigenvalue weighted by Gasteiger charge is 2.33. The second kappa shape index (κ2) is 6.15. The normalized spacial score (nSPS) is 11.7. The second-order valence-corrected chi connectivity index (χ2v) is 4.46. The van der Waals surface area contributed by atoms with Crippen LogP contribution >= 0.6 is 0 Å². The Bertz CT molecular complexity index is 607.